The molecular weight excluding hydrogens is 462 g/mol. The molecule has 37 heavy (non-hydrogen) atoms. The third-order valence-corrected chi connectivity index (χ3v) is 8.33. The van der Waals surface area contributed by atoms with Crippen molar-refractivity contribution in [3.8, 4) is 0 Å². The number of allylic oxidation sites excluding steroid dienone is 3. The van der Waals surface area contributed by atoms with E-state index < -0.39 is 11.3 Å². The maximum absolute atomic E-state index is 12.5. The van der Waals surface area contributed by atoms with Crippen LogP contribution in [0.1, 0.15) is 57.1 Å². The van der Waals surface area contributed by atoms with E-state index in [-0.39, 0.29) is 11.6 Å². The number of anilines is 1. The largest absolute Gasteiger partial charge is 0.364 e. The summed E-state index contributed by atoms with van der Waals surface area (Å²) in [5.41, 5.74) is 8.80. The smallest absolute Gasteiger partial charge is 0.266 e. The quantitative estimate of drug-likeness (QED) is 0.538. The Morgan fingerprint density at radius 2 is 1.81 bits per heavy atom. The summed E-state index contributed by atoms with van der Waals surface area (Å²) in [4.78, 5) is 30.3. The van der Waals surface area contributed by atoms with E-state index in [4.69, 9.17) is 11.1 Å². The number of aromatic nitrogens is 1. The second-order valence-corrected chi connectivity index (χ2v) is 10.4. The van der Waals surface area contributed by atoms with Gasteiger partial charge in [-0.2, -0.15) is 0 Å². The van der Waals surface area contributed by atoms with E-state index in [9.17, 15) is 9.59 Å². The van der Waals surface area contributed by atoms with Gasteiger partial charge in [0.25, 0.3) is 5.91 Å². The van der Waals surface area contributed by atoms with Crippen LogP contribution in [0.15, 0.2) is 72.0 Å². The number of nitrogens with two attached hydrogens (primary N) is 1. The van der Waals surface area contributed by atoms with Crippen molar-refractivity contribution in [1.82, 2.24) is 9.88 Å². The summed E-state index contributed by atoms with van der Waals surface area (Å²) in [7, 11) is 2.23. The number of nitrogens with zero attached hydrogens (tertiary/aromatic N) is 2. The number of carbonyl (C=O) groups excluding carboxylic acids is 2. The molecule has 1 unspecified atom stereocenters. The van der Waals surface area contributed by atoms with E-state index >= 15 is 0 Å². The minimum absolute atomic E-state index is 0.0884. The van der Waals surface area contributed by atoms with Gasteiger partial charge in [0.2, 0.25) is 5.91 Å². The van der Waals surface area contributed by atoms with Gasteiger partial charge in [-0.15, -0.1) is 0 Å². The first-order valence-electron chi connectivity index (χ1n) is 13.0. The highest BCUT2D eigenvalue weighted by atomic mass is 16.2. The summed E-state index contributed by atoms with van der Waals surface area (Å²) in [6.07, 6.45) is 9.88. The number of pyridine rings is 1. The summed E-state index contributed by atoms with van der Waals surface area (Å²) in [5.74, 6) is -0.273. The molecule has 1 aromatic heterocycles. The third kappa shape index (κ3) is 5.14. The van der Waals surface area contributed by atoms with Crippen LogP contribution in [0.25, 0.3) is 0 Å². The summed E-state index contributed by atoms with van der Waals surface area (Å²) in [6.45, 7) is 6.69. The summed E-state index contributed by atoms with van der Waals surface area (Å²) in [6, 6.07) is 14.8. The molecule has 1 atom stereocenters. The molecule has 194 valence electrons. The number of carbonyl (C=O) groups is 2. The van der Waals surface area contributed by atoms with Crippen molar-refractivity contribution in [1.29, 1.82) is 5.41 Å². The van der Waals surface area contributed by atoms with Gasteiger partial charge < -0.3 is 16.0 Å². The van der Waals surface area contributed by atoms with Crippen molar-refractivity contribution in [2.75, 3.05) is 25.5 Å². The van der Waals surface area contributed by atoms with Crippen molar-refractivity contribution in [2.45, 2.75) is 56.8 Å². The van der Waals surface area contributed by atoms with Crippen LogP contribution >= 0.6 is 0 Å². The Hall–Kier alpha value is -3.58. The maximum atomic E-state index is 12.5. The predicted octanol–water partition coefficient (Wildman–Crippen LogP) is 4.50. The second kappa shape index (κ2) is 10.8. The topological polar surface area (TPSA) is 112 Å². The van der Waals surface area contributed by atoms with Gasteiger partial charge in [-0.25, -0.2) is 4.98 Å². The van der Waals surface area contributed by atoms with Crippen molar-refractivity contribution < 1.29 is 9.59 Å². The van der Waals surface area contributed by atoms with E-state index in [0.29, 0.717) is 24.1 Å². The lowest BCUT2D eigenvalue weighted by atomic mass is 9.71. The molecule has 7 heteroatoms. The molecule has 1 saturated heterocycles. The Labute approximate surface area is 219 Å². The molecule has 1 aliphatic carbocycles. The number of amides is 2. The Bertz CT molecular complexity index is 1240. The minimum Gasteiger partial charge on any atom is -0.364 e. The lowest BCUT2D eigenvalue weighted by Crippen LogP contribution is -2.40. The van der Waals surface area contributed by atoms with Gasteiger partial charge in [0.05, 0.1) is 5.41 Å². The molecule has 0 bridgehead atoms. The Balaban J connectivity index is 0.000000186. The van der Waals surface area contributed by atoms with Gasteiger partial charge in [0.15, 0.2) is 0 Å². The van der Waals surface area contributed by atoms with Gasteiger partial charge in [-0.05, 0) is 93.4 Å². The first kappa shape index (κ1) is 26.5. The zero-order valence-electron chi connectivity index (χ0n) is 22.0. The van der Waals surface area contributed by atoms with E-state index in [0.717, 1.165) is 16.7 Å². The SMILES string of the molecule is C/C=C1/CC2(C/C1=C/C(=N)C(N)=O)C(=O)Nc1ncccc12.CCC1(c2ccccc2)CCN(C)CC1. The fraction of sp³-hybridized carbons (Fsp3) is 0.400. The normalized spacial score (nSPS) is 24.5. The van der Waals surface area contributed by atoms with Crippen LogP contribution < -0.4 is 11.1 Å². The van der Waals surface area contributed by atoms with Crippen molar-refractivity contribution >= 4 is 23.3 Å². The van der Waals surface area contributed by atoms with Crippen molar-refractivity contribution in [3.63, 3.8) is 0 Å². The molecular formula is C30H37N5O2. The molecule has 2 fully saturated rings. The lowest BCUT2D eigenvalue weighted by molar-refractivity contribution is -0.120. The number of hydrogen-bond donors (Lipinski definition) is 3. The summed E-state index contributed by atoms with van der Waals surface area (Å²) >= 11 is 0. The number of likely N-dealkylation sites (tertiary alicyclic amines) is 1. The first-order valence-corrected chi connectivity index (χ1v) is 13.0. The van der Waals surface area contributed by atoms with Gasteiger partial charge in [0.1, 0.15) is 11.5 Å². The molecule has 1 aromatic carbocycles. The fourth-order valence-electron chi connectivity index (χ4n) is 5.89. The fourth-order valence-corrected chi connectivity index (χ4v) is 5.89. The predicted molar refractivity (Wildman–Crippen MR) is 148 cm³/mol. The number of benzene rings is 1. The highest BCUT2D eigenvalue weighted by Gasteiger charge is 2.52. The second-order valence-electron chi connectivity index (χ2n) is 10.4. The van der Waals surface area contributed by atoms with Crippen LogP contribution in [-0.2, 0) is 20.4 Å². The maximum Gasteiger partial charge on any atom is 0.266 e. The zero-order valence-corrected chi connectivity index (χ0v) is 22.0. The molecule has 1 saturated carbocycles. The summed E-state index contributed by atoms with van der Waals surface area (Å²) in [5, 5.41) is 10.5. The number of hydrogen-bond acceptors (Lipinski definition) is 5. The number of primary amides is 1. The summed E-state index contributed by atoms with van der Waals surface area (Å²) < 4.78 is 0. The molecule has 2 amide bonds. The number of fused-ring (bicyclic) bond motifs is 2. The highest BCUT2D eigenvalue weighted by molar-refractivity contribution is 6.41. The molecule has 2 aromatic rings. The molecule has 7 nitrogen and oxygen atoms in total. The molecule has 4 N–H and O–H groups in total. The van der Waals surface area contributed by atoms with Gasteiger partial charge in [-0.3, -0.25) is 15.0 Å². The third-order valence-electron chi connectivity index (χ3n) is 8.33. The average molecular weight is 500 g/mol. The van der Waals surface area contributed by atoms with Crippen LogP contribution in [0.5, 0.6) is 0 Å². The molecule has 3 aliphatic rings. The van der Waals surface area contributed by atoms with Crippen molar-refractivity contribution in [2.24, 2.45) is 5.73 Å². The first-order chi connectivity index (χ1) is 17.7. The van der Waals surface area contributed by atoms with E-state index in [1.54, 1.807) is 11.8 Å². The van der Waals surface area contributed by atoms with Crippen LogP contribution in [-0.4, -0.2) is 47.5 Å². The molecule has 2 aliphatic heterocycles. The highest BCUT2D eigenvalue weighted by Crippen LogP contribution is 2.52. The van der Waals surface area contributed by atoms with Gasteiger partial charge in [-0.1, -0.05) is 49.4 Å². The molecule has 1 spiro atoms. The number of piperidine rings is 1. The van der Waals surface area contributed by atoms with Crippen LogP contribution in [0, 0.1) is 5.41 Å². The van der Waals surface area contributed by atoms with E-state index in [1.807, 2.05) is 25.1 Å². The monoisotopic (exact) mass is 499 g/mol. The lowest BCUT2D eigenvalue weighted by Gasteiger charge is -2.40. The standard InChI is InChI=1S/C16H16N4O2.C14H21N/c1-2-9-7-16(8-10(9)6-12(17)13(18)21)11-4-3-5-19-14(11)20-15(16)22;1-3-14(9-11-15(2)12-10-14)13-7-5-4-6-8-13/h2-6,17H,7-8H2,1H3,(H2,18,21)(H,19,20,22);4-8H,3,9-12H2,1-2H3/b9-2-,10-6-,17-12?;. The van der Waals surface area contributed by atoms with E-state index in [2.05, 4.69) is 59.5 Å². The zero-order chi connectivity index (χ0) is 26.6. The molecule has 3 heterocycles. The van der Waals surface area contributed by atoms with Crippen LogP contribution in [0.2, 0.25) is 0 Å². The minimum atomic E-state index is -0.776. The van der Waals surface area contributed by atoms with Crippen molar-refractivity contribution in [3.05, 3.63) is 83.1 Å². The van der Waals surface area contributed by atoms with Gasteiger partial charge >= 0.3 is 0 Å². The Morgan fingerprint density at radius 1 is 1.14 bits per heavy atom. The average Bonchev–Trinajstić information content (AvgIpc) is 3.42. The van der Waals surface area contributed by atoms with Gasteiger partial charge in [0, 0.05) is 11.8 Å². The Morgan fingerprint density at radius 3 is 2.43 bits per heavy atom. The molecule has 5 rings (SSSR count). The number of rotatable bonds is 4. The number of nitrogens with one attached hydrogen (secondary N) is 2. The van der Waals surface area contributed by atoms with Crippen LogP contribution in [0.4, 0.5) is 5.82 Å². The van der Waals surface area contributed by atoms with Crippen LogP contribution in [0.3, 0.4) is 0 Å². The van der Waals surface area contributed by atoms with E-state index in [1.165, 1.54) is 38.4 Å². The Kier molecular flexibility index (Phi) is 7.73. The molecule has 0 radical (unpaired) electrons.